The third-order valence-corrected chi connectivity index (χ3v) is 2.62. The van der Waals surface area contributed by atoms with Gasteiger partial charge < -0.3 is 10.3 Å². The van der Waals surface area contributed by atoms with E-state index in [-0.39, 0.29) is 0 Å². The van der Waals surface area contributed by atoms with E-state index in [9.17, 15) is 0 Å². The lowest BCUT2D eigenvalue weighted by molar-refractivity contribution is 1.05. The zero-order valence-corrected chi connectivity index (χ0v) is 10.0. The zero-order valence-electron chi connectivity index (χ0n) is 7.67. The van der Waals surface area contributed by atoms with E-state index < -0.39 is 0 Å². The van der Waals surface area contributed by atoms with Crippen molar-refractivity contribution in [2.45, 2.75) is 6.54 Å². The largest absolute Gasteiger partial charge is 0.364 e. The Morgan fingerprint density at radius 3 is 3.00 bits per heavy atom. The van der Waals surface area contributed by atoms with E-state index in [2.05, 4.69) is 36.2 Å². The smallest absolute Gasteiger partial charge is 0.140 e. The van der Waals surface area contributed by atoms with Crippen molar-refractivity contribution < 1.29 is 0 Å². The van der Waals surface area contributed by atoms with Crippen LogP contribution in [0.15, 0.2) is 29.3 Å². The summed E-state index contributed by atoms with van der Waals surface area (Å²) in [7, 11) is 0. The SMILES string of the molecule is Clc1cnc(NCc2cnc[nH]2)c(Br)c1. The molecule has 15 heavy (non-hydrogen) atoms. The first kappa shape index (κ1) is 10.4. The Bertz CT molecular complexity index is 443. The van der Waals surface area contributed by atoms with E-state index >= 15 is 0 Å². The molecule has 0 unspecified atom stereocenters. The number of hydrogen-bond donors (Lipinski definition) is 2. The second-order valence-electron chi connectivity index (χ2n) is 2.91. The second kappa shape index (κ2) is 4.63. The predicted octanol–water partition coefficient (Wildman–Crippen LogP) is 2.83. The molecule has 2 N–H and O–H groups in total. The summed E-state index contributed by atoms with van der Waals surface area (Å²) in [5.74, 6) is 0.758. The number of aromatic nitrogens is 3. The van der Waals surface area contributed by atoms with E-state index in [1.54, 1.807) is 24.8 Å². The van der Waals surface area contributed by atoms with E-state index in [1.165, 1.54) is 0 Å². The van der Waals surface area contributed by atoms with Gasteiger partial charge in [-0.1, -0.05) is 11.6 Å². The quantitative estimate of drug-likeness (QED) is 0.913. The molecule has 2 aromatic rings. The van der Waals surface area contributed by atoms with Gasteiger partial charge >= 0.3 is 0 Å². The lowest BCUT2D eigenvalue weighted by atomic mass is 10.4. The summed E-state index contributed by atoms with van der Waals surface area (Å²) < 4.78 is 0.842. The summed E-state index contributed by atoms with van der Waals surface area (Å²) in [6, 6.07) is 1.80. The maximum Gasteiger partial charge on any atom is 0.140 e. The Kier molecular flexibility index (Phi) is 3.23. The minimum absolute atomic E-state index is 0.606. The van der Waals surface area contributed by atoms with Crippen LogP contribution in [0.3, 0.4) is 0 Å². The van der Waals surface area contributed by atoms with Crippen LogP contribution in [0, 0.1) is 0 Å². The first-order chi connectivity index (χ1) is 7.25. The number of imidazole rings is 1. The van der Waals surface area contributed by atoms with Crippen LogP contribution >= 0.6 is 27.5 Å². The molecule has 0 bridgehead atoms. The highest BCUT2D eigenvalue weighted by Crippen LogP contribution is 2.23. The van der Waals surface area contributed by atoms with Crippen LogP contribution in [0.2, 0.25) is 5.02 Å². The normalized spacial score (nSPS) is 10.3. The minimum atomic E-state index is 0.606. The second-order valence-corrected chi connectivity index (χ2v) is 4.21. The molecule has 0 saturated carbocycles. The van der Waals surface area contributed by atoms with Gasteiger partial charge in [0.25, 0.3) is 0 Å². The third kappa shape index (κ3) is 2.70. The highest BCUT2D eigenvalue weighted by Gasteiger charge is 2.02. The molecular formula is C9H8BrClN4. The maximum absolute atomic E-state index is 5.78. The minimum Gasteiger partial charge on any atom is -0.364 e. The van der Waals surface area contributed by atoms with Crippen molar-refractivity contribution in [1.82, 2.24) is 15.0 Å². The standard InChI is InChI=1S/C9H8BrClN4/c10-8-1-6(11)2-13-9(8)14-4-7-3-12-5-15-7/h1-3,5H,4H2,(H,12,15)(H,13,14). The van der Waals surface area contributed by atoms with Crippen LogP contribution in [0.5, 0.6) is 0 Å². The number of pyridine rings is 1. The Labute approximate surface area is 100 Å². The predicted molar refractivity (Wildman–Crippen MR) is 62.9 cm³/mol. The van der Waals surface area contributed by atoms with E-state index in [1.807, 2.05) is 0 Å². The highest BCUT2D eigenvalue weighted by atomic mass is 79.9. The Balaban J connectivity index is 2.05. The number of nitrogens with one attached hydrogen (secondary N) is 2. The molecule has 0 fully saturated rings. The van der Waals surface area contributed by atoms with Crippen molar-refractivity contribution in [2.75, 3.05) is 5.32 Å². The van der Waals surface area contributed by atoms with Crippen molar-refractivity contribution in [3.05, 3.63) is 40.0 Å². The van der Waals surface area contributed by atoms with Crippen LogP contribution in [-0.4, -0.2) is 15.0 Å². The molecule has 78 valence electrons. The molecule has 0 aliphatic rings. The topological polar surface area (TPSA) is 53.6 Å². The molecule has 0 radical (unpaired) electrons. The molecule has 0 amide bonds. The number of anilines is 1. The van der Waals surface area contributed by atoms with Crippen molar-refractivity contribution in [3.63, 3.8) is 0 Å². The van der Waals surface area contributed by atoms with Gasteiger partial charge in [-0.25, -0.2) is 9.97 Å². The van der Waals surface area contributed by atoms with Crippen LogP contribution in [0.25, 0.3) is 0 Å². The summed E-state index contributed by atoms with van der Waals surface area (Å²) in [5, 5.41) is 3.76. The van der Waals surface area contributed by atoms with Crippen molar-refractivity contribution in [2.24, 2.45) is 0 Å². The molecule has 0 aliphatic heterocycles. The number of halogens is 2. The van der Waals surface area contributed by atoms with Crippen LogP contribution in [0.1, 0.15) is 5.69 Å². The fourth-order valence-corrected chi connectivity index (χ4v) is 1.88. The van der Waals surface area contributed by atoms with Gasteiger partial charge in [0.1, 0.15) is 5.82 Å². The van der Waals surface area contributed by atoms with Gasteiger partial charge in [-0.15, -0.1) is 0 Å². The number of nitrogens with zero attached hydrogens (tertiary/aromatic N) is 2. The third-order valence-electron chi connectivity index (χ3n) is 1.81. The van der Waals surface area contributed by atoms with Crippen molar-refractivity contribution in [1.29, 1.82) is 0 Å². The lowest BCUT2D eigenvalue weighted by Gasteiger charge is -2.05. The fraction of sp³-hybridized carbons (Fsp3) is 0.111. The Morgan fingerprint density at radius 2 is 2.33 bits per heavy atom. The molecular weight excluding hydrogens is 279 g/mol. The van der Waals surface area contributed by atoms with Crippen LogP contribution in [0.4, 0.5) is 5.82 Å². The monoisotopic (exact) mass is 286 g/mol. The van der Waals surface area contributed by atoms with Gasteiger partial charge in [-0.2, -0.15) is 0 Å². The first-order valence-corrected chi connectivity index (χ1v) is 5.45. The van der Waals surface area contributed by atoms with Gasteiger partial charge in [0.15, 0.2) is 0 Å². The van der Waals surface area contributed by atoms with Gasteiger partial charge in [0.2, 0.25) is 0 Å². The average Bonchev–Trinajstić information content (AvgIpc) is 2.69. The van der Waals surface area contributed by atoms with Crippen LogP contribution in [-0.2, 0) is 6.54 Å². The number of hydrogen-bond acceptors (Lipinski definition) is 3. The van der Waals surface area contributed by atoms with Gasteiger partial charge in [0.05, 0.1) is 28.1 Å². The summed E-state index contributed by atoms with van der Waals surface area (Å²) in [6.07, 6.45) is 5.00. The lowest BCUT2D eigenvalue weighted by Crippen LogP contribution is -2.02. The van der Waals surface area contributed by atoms with Gasteiger partial charge in [0, 0.05) is 12.4 Å². The molecule has 4 nitrogen and oxygen atoms in total. The molecule has 0 aromatic carbocycles. The molecule has 0 spiro atoms. The van der Waals surface area contributed by atoms with Gasteiger partial charge in [-0.3, -0.25) is 0 Å². The van der Waals surface area contributed by atoms with E-state index in [0.717, 1.165) is 16.0 Å². The molecule has 6 heteroatoms. The summed E-state index contributed by atoms with van der Waals surface area (Å²) in [4.78, 5) is 11.1. The van der Waals surface area contributed by atoms with Crippen LogP contribution < -0.4 is 5.32 Å². The van der Waals surface area contributed by atoms with E-state index in [4.69, 9.17) is 11.6 Å². The highest BCUT2D eigenvalue weighted by molar-refractivity contribution is 9.10. The average molecular weight is 288 g/mol. The molecule has 0 saturated heterocycles. The summed E-state index contributed by atoms with van der Waals surface area (Å²) in [6.45, 7) is 0.646. The molecule has 2 rings (SSSR count). The Morgan fingerprint density at radius 1 is 1.47 bits per heavy atom. The molecule has 2 aromatic heterocycles. The van der Waals surface area contributed by atoms with Crippen molar-refractivity contribution in [3.8, 4) is 0 Å². The number of H-pyrrole nitrogens is 1. The molecule has 2 heterocycles. The van der Waals surface area contributed by atoms with Gasteiger partial charge in [-0.05, 0) is 22.0 Å². The number of rotatable bonds is 3. The first-order valence-electron chi connectivity index (χ1n) is 4.28. The number of aromatic amines is 1. The maximum atomic E-state index is 5.78. The summed E-state index contributed by atoms with van der Waals surface area (Å²) >= 11 is 9.16. The molecule has 0 aliphatic carbocycles. The van der Waals surface area contributed by atoms with E-state index in [0.29, 0.717) is 11.6 Å². The molecule has 0 atom stereocenters. The Hall–Kier alpha value is -1.07. The fourth-order valence-electron chi connectivity index (χ4n) is 1.10. The summed E-state index contributed by atoms with van der Waals surface area (Å²) in [5.41, 5.74) is 0.999. The zero-order chi connectivity index (χ0) is 10.7. The van der Waals surface area contributed by atoms with Crippen molar-refractivity contribution >= 4 is 33.3 Å².